The Morgan fingerprint density at radius 2 is 1.88 bits per heavy atom. The molecule has 0 bridgehead atoms. The number of benzene rings is 1. The molecule has 1 fully saturated rings. The average Bonchev–Trinajstić information content (AvgIpc) is 3.00. The smallest absolute Gasteiger partial charge is 0.257 e. The first-order valence-electron chi connectivity index (χ1n) is 9.24. The van der Waals surface area contributed by atoms with E-state index in [1.165, 1.54) is 5.56 Å². The highest BCUT2D eigenvalue weighted by atomic mass is 16.5. The lowest BCUT2D eigenvalue weighted by Crippen LogP contribution is -2.41. The third kappa shape index (κ3) is 3.93. The van der Waals surface area contributed by atoms with Gasteiger partial charge in [-0.3, -0.25) is 9.48 Å². The second kappa shape index (κ2) is 8.30. The van der Waals surface area contributed by atoms with Gasteiger partial charge in [-0.15, -0.1) is 0 Å². The maximum Gasteiger partial charge on any atom is 0.257 e. The molecule has 0 radical (unpaired) electrons. The van der Waals surface area contributed by atoms with Crippen LogP contribution in [0.1, 0.15) is 47.6 Å². The molecule has 0 atom stereocenters. The van der Waals surface area contributed by atoms with Crippen molar-refractivity contribution in [2.45, 2.75) is 39.7 Å². The fourth-order valence-electron chi connectivity index (χ4n) is 3.38. The molecular formula is C20H27N3O2. The Morgan fingerprint density at radius 3 is 2.52 bits per heavy atom. The Balaban J connectivity index is 1.95. The minimum atomic E-state index is 0.114. The summed E-state index contributed by atoms with van der Waals surface area (Å²) in [6.07, 6.45) is 2.62. The van der Waals surface area contributed by atoms with E-state index in [0.29, 0.717) is 32.8 Å². The molecule has 0 saturated carbocycles. The molecule has 25 heavy (non-hydrogen) atoms. The quantitative estimate of drug-likeness (QED) is 0.812. The molecule has 0 spiro atoms. The highest BCUT2D eigenvalue weighted by Crippen LogP contribution is 2.21. The van der Waals surface area contributed by atoms with Crippen molar-refractivity contribution in [1.29, 1.82) is 0 Å². The topological polar surface area (TPSA) is 47.4 Å². The van der Waals surface area contributed by atoms with Crippen molar-refractivity contribution in [2.75, 3.05) is 26.3 Å². The molecule has 0 N–H and O–H groups in total. The second-order valence-electron chi connectivity index (χ2n) is 6.42. The lowest BCUT2D eigenvalue weighted by Gasteiger charge is -2.27. The van der Waals surface area contributed by atoms with Crippen LogP contribution in [0.4, 0.5) is 0 Å². The number of carbonyl (C=O) groups is 1. The van der Waals surface area contributed by atoms with Crippen molar-refractivity contribution < 1.29 is 9.53 Å². The molecule has 2 heterocycles. The zero-order valence-corrected chi connectivity index (χ0v) is 15.2. The van der Waals surface area contributed by atoms with Gasteiger partial charge in [-0.05, 0) is 18.4 Å². The van der Waals surface area contributed by atoms with Crippen LogP contribution < -0.4 is 0 Å². The summed E-state index contributed by atoms with van der Waals surface area (Å²) in [4.78, 5) is 15.1. The Kier molecular flexibility index (Phi) is 5.87. The summed E-state index contributed by atoms with van der Waals surface area (Å²) in [6, 6.07) is 10.3. The number of carbonyl (C=O) groups excluding carboxylic acids is 1. The highest BCUT2D eigenvalue weighted by Gasteiger charge is 2.27. The summed E-state index contributed by atoms with van der Waals surface area (Å²) in [5, 5.41) is 4.82. The zero-order valence-electron chi connectivity index (χ0n) is 15.2. The van der Waals surface area contributed by atoms with Gasteiger partial charge in [-0.1, -0.05) is 50.6 Å². The number of morpholine rings is 1. The third-order valence-corrected chi connectivity index (χ3v) is 4.64. The largest absolute Gasteiger partial charge is 0.378 e. The van der Waals surface area contributed by atoms with E-state index >= 15 is 0 Å². The molecule has 2 aromatic rings. The van der Waals surface area contributed by atoms with E-state index in [0.717, 1.165) is 36.2 Å². The molecule has 1 aromatic heterocycles. The Labute approximate surface area is 149 Å². The summed E-state index contributed by atoms with van der Waals surface area (Å²) in [6.45, 7) is 7.50. The Bertz CT molecular complexity index is 703. The van der Waals surface area contributed by atoms with Gasteiger partial charge in [-0.25, -0.2) is 0 Å². The number of aryl methyl sites for hydroxylation is 1. The van der Waals surface area contributed by atoms with E-state index in [9.17, 15) is 4.79 Å². The van der Waals surface area contributed by atoms with Gasteiger partial charge >= 0.3 is 0 Å². The van der Waals surface area contributed by atoms with Gasteiger partial charge in [0.15, 0.2) is 0 Å². The number of aromatic nitrogens is 2. The van der Waals surface area contributed by atoms with Crippen LogP contribution in [0.15, 0.2) is 30.3 Å². The van der Waals surface area contributed by atoms with Crippen LogP contribution in [0.3, 0.4) is 0 Å². The van der Waals surface area contributed by atoms with Crippen LogP contribution in [0.25, 0.3) is 0 Å². The van der Waals surface area contributed by atoms with E-state index in [1.54, 1.807) is 0 Å². The van der Waals surface area contributed by atoms with Gasteiger partial charge in [0.05, 0.1) is 36.7 Å². The molecule has 134 valence electrons. The Hall–Kier alpha value is -2.14. The van der Waals surface area contributed by atoms with Gasteiger partial charge in [0.2, 0.25) is 0 Å². The second-order valence-corrected chi connectivity index (χ2v) is 6.42. The van der Waals surface area contributed by atoms with Gasteiger partial charge < -0.3 is 9.64 Å². The molecule has 1 aliphatic heterocycles. The number of nitrogens with zero attached hydrogens (tertiary/aromatic N) is 3. The molecule has 0 aliphatic carbocycles. The first-order chi connectivity index (χ1) is 12.2. The molecule has 5 heteroatoms. The number of hydrogen-bond acceptors (Lipinski definition) is 3. The van der Waals surface area contributed by atoms with E-state index in [1.807, 2.05) is 27.8 Å². The van der Waals surface area contributed by atoms with Crippen molar-refractivity contribution in [3.05, 3.63) is 52.8 Å². The third-order valence-electron chi connectivity index (χ3n) is 4.64. The number of rotatable bonds is 6. The number of ether oxygens (including phenoxy) is 1. The fraction of sp³-hybridized carbons (Fsp3) is 0.500. The molecule has 5 nitrogen and oxygen atoms in total. The maximum atomic E-state index is 13.2. The highest BCUT2D eigenvalue weighted by molar-refractivity contribution is 5.96. The summed E-state index contributed by atoms with van der Waals surface area (Å²) in [5.41, 5.74) is 4.01. The zero-order chi connectivity index (χ0) is 17.6. The monoisotopic (exact) mass is 341 g/mol. The van der Waals surface area contributed by atoms with Crippen molar-refractivity contribution in [3.8, 4) is 0 Å². The normalized spacial score (nSPS) is 14.7. The van der Waals surface area contributed by atoms with E-state index in [-0.39, 0.29) is 5.91 Å². The molecular weight excluding hydrogens is 314 g/mol. The summed E-state index contributed by atoms with van der Waals surface area (Å²) < 4.78 is 7.41. The average molecular weight is 341 g/mol. The standard InChI is InChI=1S/C20H27N3O2/c1-3-8-17-19(20(24)22-11-13-25-14-12-22)18(4-2)23(21-17)15-16-9-6-5-7-10-16/h5-7,9-10H,3-4,8,11-15H2,1-2H3. The first kappa shape index (κ1) is 17.7. The predicted molar refractivity (Wildman–Crippen MR) is 97.9 cm³/mol. The van der Waals surface area contributed by atoms with Crippen molar-refractivity contribution >= 4 is 5.91 Å². The van der Waals surface area contributed by atoms with Crippen LogP contribution in [-0.4, -0.2) is 46.9 Å². The van der Waals surface area contributed by atoms with Gasteiger partial charge in [0.25, 0.3) is 5.91 Å². The molecule has 1 aromatic carbocycles. The summed E-state index contributed by atoms with van der Waals surface area (Å²) in [7, 11) is 0. The van der Waals surface area contributed by atoms with E-state index < -0.39 is 0 Å². The number of hydrogen-bond donors (Lipinski definition) is 0. The maximum absolute atomic E-state index is 13.2. The Morgan fingerprint density at radius 1 is 1.16 bits per heavy atom. The SMILES string of the molecule is CCCc1nn(Cc2ccccc2)c(CC)c1C(=O)N1CCOCC1. The molecule has 3 rings (SSSR count). The molecule has 0 unspecified atom stereocenters. The van der Waals surface area contributed by atoms with Crippen LogP contribution in [-0.2, 0) is 24.1 Å². The predicted octanol–water partition coefficient (Wildman–Crippen LogP) is 2.92. The van der Waals surface area contributed by atoms with Crippen LogP contribution in [0, 0.1) is 0 Å². The lowest BCUT2D eigenvalue weighted by molar-refractivity contribution is 0.0301. The summed E-state index contributed by atoms with van der Waals surface area (Å²) in [5.74, 6) is 0.114. The molecule has 1 saturated heterocycles. The van der Waals surface area contributed by atoms with Gasteiger partial charge in [-0.2, -0.15) is 5.10 Å². The van der Waals surface area contributed by atoms with Gasteiger partial charge in [0.1, 0.15) is 0 Å². The van der Waals surface area contributed by atoms with Crippen molar-refractivity contribution in [3.63, 3.8) is 0 Å². The van der Waals surface area contributed by atoms with Gasteiger partial charge in [0, 0.05) is 13.1 Å². The lowest BCUT2D eigenvalue weighted by atomic mass is 10.1. The minimum Gasteiger partial charge on any atom is -0.378 e. The van der Waals surface area contributed by atoms with Crippen LogP contribution >= 0.6 is 0 Å². The number of amides is 1. The fourth-order valence-corrected chi connectivity index (χ4v) is 3.38. The van der Waals surface area contributed by atoms with Crippen LogP contribution in [0.2, 0.25) is 0 Å². The van der Waals surface area contributed by atoms with Crippen molar-refractivity contribution in [2.24, 2.45) is 0 Å². The van der Waals surface area contributed by atoms with E-state index in [2.05, 4.69) is 26.0 Å². The van der Waals surface area contributed by atoms with E-state index in [4.69, 9.17) is 9.84 Å². The molecule has 1 amide bonds. The summed E-state index contributed by atoms with van der Waals surface area (Å²) >= 11 is 0. The first-order valence-corrected chi connectivity index (χ1v) is 9.24. The minimum absolute atomic E-state index is 0.114. The van der Waals surface area contributed by atoms with Crippen LogP contribution in [0.5, 0.6) is 0 Å². The van der Waals surface area contributed by atoms with Crippen molar-refractivity contribution in [1.82, 2.24) is 14.7 Å². The molecule has 1 aliphatic rings.